The molecule has 10 heteroatoms. The maximum Gasteiger partial charge on any atom is 0.508 e. The van der Waals surface area contributed by atoms with Crippen molar-refractivity contribution in [3.05, 3.63) is 12.7 Å². The number of thiocarbonyl (C=S) groups is 1. The fraction of sp³-hybridized carbons (Fsp3) is 0.615. The minimum atomic E-state index is -0.821. The maximum atomic E-state index is 11.4. The van der Waals surface area contributed by atoms with Crippen LogP contribution in [-0.2, 0) is 28.5 Å². The molecule has 0 spiro atoms. The molecule has 23 heavy (non-hydrogen) atoms. The summed E-state index contributed by atoms with van der Waals surface area (Å²) in [6.45, 7) is 4.94. The van der Waals surface area contributed by atoms with Gasteiger partial charge in [0.05, 0.1) is 13.2 Å². The van der Waals surface area contributed by atoms with Crippen molar-refractivity contribution in [2.45, 2.75) is 6.10 Å². The van der Waals surface area contributed by atoms with Gasteiger partial charge in [-0.3, -0.25) is 4.79 Å². The monoisotopic (exact) mass is 348 g/mol. The van der Waals surface area contributed by atoms with Gasteiger partial charge in [-0.15, -0.1) is 0 Å². The molecule has 2 N–H and O–H groups in total. The van der Waals surface area contributed by atoms with E-state index in [9.17, 15) is 9.59 Å². The van der Waals surface area contributed by atoms with E-state index >= 15 is 0 Å². The number of ether oxygens (including phenoxy) is 5. The summed E-state index contributed by atoms with van der Waals surface area (Å²) in [6.07, 6.45) is -0.110. The van der Waals surface area contributed by atoms with Crippen LogP contribution in [0.3, 0.4) is 0 Å². The van der Waals surface area contributed by atoms with Crippen LogP contribution in [-0.4, -0.2) is 69.7 Å². The highest BCUT2D eigenvalue weighted by molar-refractivity contribution is 7.80. The summed E-state index contributed by atoms with van der Waals surface area (Å²) in [5.74, 6) is -0.265. The Morgan fingerprint density at radius 3 is 2.52 bits per heavy atom. The lowest BCUT2D eigenvalue weighted by Crippen LogP contribution is -2.35. The maximum absolute atomic E-state index is 11.4. The number of carbonyl (C=O) groups is 2. The average molecular weight is 348 g/mol. The number of hydrogen-bond donors (Lipinski definition) is 2. The van der Waals surface area contributed by atoms with E-state index in [-0.39, 0.29) is 44.3 Å². The molecular weight excluding hydrogens is 328 g/mol. The number of nitrogens with one attached hydrogen (secondary N) is 2. The molecule has 1 aliphatic heterocycles. The lowest BCUT2D eigenvalue weighted by atomic mass is 10.4. The molecule has 0 aromatic heterocycles. The summed E-state index contributed by atoms with van der Waals surface area (Å²) in [7, 11) is 0. The van der Waals surface area contributed by atoms with Gasteiger partial charge >= 0.3 is 6.16 Å². The number of hydrogen-bond acceptors (Lipinski definition) is 8. The minimum Gasteiger partial charge on any atom is -0.467 e. The molecule has 0 aromatic carbocycles. The van der Waals surface area contributed by atoms with Gasteiger partial charge in [0.25, 0.3) is 5.17 Å². The van der Waals surface area contributed by atoms with Crippen LogP contribution in [0.15, 0.2) is 12.7 Å². The van der Waals surface area contributed by atoms with E-state index < -0.39 is 12.3 Å². The van der Waals surface area contributed by atoms with E-state index in [2.05, 4.69) is 17.2 Å². The molecule has 1 aliphatic rings. The van der Waals surface area contributed by atoms with E-state index in [1.165, 1.54) is 6.08 Å². The Balaban J connectivity index is 1.96. The SMILES string of the molecule is C=CC(=O)NCCNC(=S)OCCOC(=O)OC1COCOC1. The second kappa shape index (κ2) is 11.6. The Morgan fingerprint density at radius 1 is 1.17 bits per heavy atom. The van der Waals surface area contributed by atoms with Crippen LogP contribution in [0.2, 0.25) is 0 Å². The predicted molar refractivity (Wildman–Crippen MR) is 82.8 cm³/mol. The zero-order valence-electron chi connectivity index (χ0n) is 12.6. The summed E-state index contributed by atoms with van der Waals surface area (Å²) >= 11 is 4.90. The van der Waals surface area contributed by atoms with Gasteiger partial charge in [0.15, 0.2) is 6.10 Å². The van der Waals surface area contributed by atoms with Crippen molar-refractivity contribution in [3.8, 4) is 0 Å². The van der Waals surface area contributed by atoms with Crippen LogP contribution in [0.5, 0.6) is 0 Å². The lowest BCUT2D eigenvalue weighted by Gasteiger charge is -2.21. The quantitative estimate of drug-likeness (QED) is 0.265. The molecule has 0 bridgehead atoms. The first-order chi connectivity index (χ1) is 11.1. The molecule has 0 atom stereocenters. The van der Waals surface area contributed by atoms with Gasteiger partial charge in [-0.1, -0.05) is 6.58 Å². The highest BCUT2D eigenvalue weighted by Crippen LogP contribution is 2.03. The van der Waals surface area contributed by atoms with E-state index in [1.54, 1.807) is 0 Å². The summed E-state index contributed by atoms with van der Waals surface area (Å²) in [6, 6.07) is 0. The smallest absolute Gasteiger partial charge is 0.467 e. The van der Waals surface area contributed by atoms with Crippen LogP contribution < -0.4 is 10.6 Å². The normalized spacial score (nSPS) is 14.4. The molecule has 0 aliphatic carbocycles. The van der Waals surface area contributed by atoms with Gasteiger partial charge in [-0.2, -0.15) is 0 Å². The molecule has 0 radical (unpaired) electrons. The highest BCUT2D eigenvalue weighted by Gasteiger charge is 2.19. The topological polar surface area (TPSA) is 104 Å². The van der Waals surface area contributed by atoms with Gasteiger partial charge in [0.1, 0.15) is 20.0 Å². The van der Waals surface area contributed by atoms with Crippen LogP contribution >= 0.6 is 12.2 Å². The molecule has 9 nitrogen and oxygen atoms in total. The second-order valence-corrected chi connectivity index (χ2v) is 4.63. The van der Waals surface area contributed by atoms with Gasteiger partial charge < -0.3 is 34.3 Å². The number of rotatable bonds is 8. The zero-order valence-corrected chi connectivity index (χ0v) is 13.4. The summed E-state index contributed by atoms with van der Waals surface area (Å²) in [4.78, 5) is 22.2. The molecule has 0 aromatic rings. The van der Waals surface area contributed by atoms with E-state index in [1.807, 2.05) is 0 Å². The molecule has 1 saturated heterocycles. The van der Waals surface area contributed by atoms with Crippen molar-refractivity contribution in [2.75, 3.05) is 46.3 Å². The first-order valence-corrected chi connectivity index (χ1v) is 7.32. The molecule has 1 fully saturated rings. The summed E-state index contributed by atoms with van der Waals surface area (Å²) < 4.78 is 24.8. The van der Waals surface area contributed by atoms with Crippen molar-refractivity contribution in [1.29, 1.82) is 0 Å². The lowest BCUT2D eigenvalue weighted by molar-refractivity contribution is -0.157. The fourth-order valence-corrected chi connectivity index (χ4v) is 1.62. The molecule has 1 heterocycles. The van der Waals surface area contributed by atoms with Crippen molar-refractivity contribution < 1.29 is 33.3 Å². The molecule has 0 saturated carbocycles. The van der Waals surface area contributed by atoms with Crippen molar-refractivity contribution in [2.24, 2.45) is 0 Å². The summed E-state index contributed by atoms with van der Waals surface area (Å²) in [5.41, 5.74) is 0. The second-order valence-electron chi connectivity index (χ2n) is 4.26. The largest absolute Gasteiger partial charge is 0.508 e. The van der Waals surface area contributed by atoms with Crippen LogP contribution in [0.4, 0.5) is 4.79 Å². The molecular formula is C13H20N2O7S. The first-order valence-electron chi connectivity index (χ1n) is 6.91. The first kappa shape index (κ1) is 19.1. The Labute approximate surface area is 139 Å². The molecule has 0 unspecified atom stereocenters. The minimum absolute atomic E-state index is 0.0116. The van der Waals surface area contributed by atoms with Crippen LogP contribution in [0.25, 0.3) is 0 Å². The fourth-order valence-electron chi connectivity index (χ4n) is 1.44. The van der Waals surface area contributed by atoms with Crippen molar-refractivity contribution in [1.82, 2.24) is 10.6 Å². The van der Waals surface area contributed by atoms with Crippen LogP contribution in [0.1, 0.15) is 0 Å². The number of amides is 1. The van der Waals surface area contributed by atoms with Crippen molar-refractivity contribution in [3.63, 3.8) is 0 Å². The van der Waals surface area contributed by atoms with Gasteiger partial charge in [0.2, 0.25) is 5.91 Å². The summed E-state index contributed by atoms with van der Waals surface area (Å²) in [5, 5.41) is 5.48. The van der Waals surface area contributed by atoms with Crippen molar-refractivity contribution >= 4 is 29.5 Å². The van der Waals surface area contributed by atoms with Gasteiger partial charge in [-0.05, 0) is 18.3 Å². The Bertz CT molecular complexity index is 413. The number of carbonyl (C=O) groups excluding carboxylic acids is 2. The third-order valence-electron chi connectivity index (χ3n) is 2.45. The standard InChI is InChI=1S/C13H20N2O7S/c1-2-11(16)14-3-4-15-12(23)20-5-6-21-13(17)22-10-7-18-9-19-8-10/h2,10H,1,3-9H2,(H,14,16)(H,15,23). The molecule has 1 amide bonds. The molecule has 1 rings (SSSR count). The Hall–Kier alpha value is -1.91. The van der Waals surface area contributed by atoms with Gasteiger partial charge in [0, 0.05) is 13.1 Å². The Morgan fingerprint density at radius 2 is 1.83 bits per heavy atom. The van der Waals surface area contributed by atoms with Crippen LogP contribution in [0, 0.1) is 0 Å². The Kier molecular flexibility index (Phi) is 9.68. The third-order valence-corrected chi connectivity index (χ3v) is 2.71. The average Bonchev–Trinajstić information content (AvgIpc) is 2.56. The molecule has 130 valence electrons. The highest BCUT2D eigenvalue weighted by atomic mass is 32.1. The third kappa shape index (κ3) is 9.66. The zero-order chi connectivity index (χ0) is 16.9. The predicted octanol–water partition coefficient (Wildman–Crippen LogP) is -0.294. The van der Waals surface area contributed by atoms with Gasteiger partial charge in [-0.25, -0.2) is 4.79 Å². The van der Waals surface area contributed by atoms with E-state index in [0.29, 0.717) is 13.1 Å². The van der Waals surface area contributed by atoms with E-state index in [0.717, 1.165) is 0 Å². The van der Waals surface area contributed by atoms with E-state index in [4.69, 9.17) is 35.9 Å².